The number of carbonyl (C=O) groups is 1. The number of pyridine rings is 1. The fourth-order valence-electron chi connectivity index (χ4n) is 5.92. The van der Waals surface area contributed by atoms with Crippen LogP contribution in [0.1, 0.15) is 65.2 Å². The maximum absolute atomic E-state index is 13.1. The van der Waals surface area contributed by atoms with Crippen LogP contribution in [0.4, 0.5) is 0 Å². The zero-order valence-electron chi connectivity index (χ0n) is 23.4. The van der Waals surface area contributed by atoms with Gasteiger partial charge in [0.1, 0.15) is 0 Å². The van der Waals surface area contributed by atoms with Crippen LogP contribution in [-0.4, -0.2) is 42.6 Å². The first-order valence-corrected chi connectivity index (χ1v) is 14.6. The summed E-state index contributed by atoms with van der Waals surface area (Å²) in [5, 5.41) is 5.07. The standard InChI is InChI=1S/C34H38ClN3O2/c1-3-32(27-11-13-30(35)14-12-27)37-34(39)28-9-7-25(8-10-28)31(23-40-2)26-16-19-38(20-17-26)22-24-6-15-33-29(21-24)5-4-18-36-33/h4-15,18,21,26,31-32H,3,16-17,19-20,22-23H2,1-2H3,(H,37,39). The summed E-state index contributed by atoms with van der Waals surface area (Å²) in [6.45, 7) is 5.86. The van der Waals surface area contributed by atoms with E-state index in [0.29, 0.717) is 29.0 Å². The molecule has 0 bridgehead atoms. The van der Waals surface area contributed by atoms with Gasteiger partial charge in [0, 0.05) is 41.7 Å². The van der Waals surface area contributed by atoms with Crippen LogP contribution in [0.15, 0.2) is 85.1 Å². The SMILES string of the molecule is CCC(NC(=O)c1ccc(C(COC)C2CCN(Cc3ccc4ncccc4c3)CC2)cc1)c1ccc(Cl)cc1. The van der Waals surface area contributed by atoms with Crippen LogP contribution in [0.5, 0.6) is 0 Å². The molecule has 40 heavy (non-hydrogen) atoms. The summed E-state index contributed by atoms with van der Waals surface area (Å²) in [4.78, 5) is 20.0. The molecule has 6 heteroatoms. The highest BCUT2D eigenvalue weighted by atomic mass is 35.5. The van der Waals surface area contributed by atoms with Gasteiger partial charge in [-0.25, -0.2) is 0 Å². The number of nitrogens with one attached hydrogen (secondary N) is 1. The fourth-order valence-corrected chi connectivity index (χ4v) is 6.04. The maximum Gasteiger partial charge on any atom is 0.251 e. The largest absolute Gasteiger partial charge is 0.384 e. The Morgan fingerprint density at radius 3 is 2.45 bits per heavy atom. The number of piperidine rings is 1. The molecule has 1 fully saturated rings. The van der Waals surface area contributed by atoms with Crippen molar-refractivity contribution in [1.29, 1.82) is 0 Å². The number of benzene rings is 3. The minimum atomic E-state index is -0.0607. The lowest BCUT2D eigenvalue weighted by atomic mass is 9.80. The van der Waals surface area contributed by atoms with Crippen LogP contribution >= 0.6 is 11.6 Å². The highest BCUT2D eigenvalue weighted by molar-refractivity contribution is 6.30. The van der Waals surface area contributed by atoms with Crippen molar-refractivity contribution in [3.63, 3.8) is 0 Å². The van der Waals surface area contributed by atoms with Crippen molar-refractivity contribution >= 4 is 28.4 Å². The second-order valence-electron chi connectivity index (χ2n) is 10.8. The van der Waals surface area contributed by atoms with E-state index in [0.717, 1.165) is 50.0 Å². The van der Waals surface area contributed by atoms with Crippen molar-refractivity contribution in [3.8, 4) is 0 Å². The number of rotatable bonds is 10. The van der Waals surface area contributed by atoms with E-state index >= 15 is 0 Å². The van der Waals surface area contributed by atoms with Crippen LogP contribution in [-0.2, 0) is 11.3 Å². The van der Waals surface area contributed by atoms with E-state index in [-0.39, 0.29) is 11.9 Å². The first kappa shape index (κ1) is 28.3. The number of methoxy groups -OCH3 is 1. The quantitative estimate of drug-likeness (QED) is 0.221. The predicted octanol–water partition coefficient (Wildman–Crippen LogP) is 7.41. The molecule has 5 nitrogen and oxygen atoms in total. The summed E-state index contributed by atoms with van der Waals surface area (Å²) in [6.07, 6.45) is 4.91. The van der Waals surface area contributed by atoms with Gasteiger partial charge in [-0.05, 0) is 97.4 Å². The minimum absolute atomic E-state index is 0.0536. The van der Waals surface area contributed by atoms with Crippen LogP contribution in [0.2, 0.25) is 5.02 Å². The monoisotopic (exact) mass is 555 g/mol. The number of ether oxygens (including phenoxy) is 1. The molecule has 3 aromatic carbocycles. The number of hydrogen-bond acceptors (Lipinski definition) is 4. The number of hydrogen-bond donors (Lipinski definition) is 1. The molecule has 208 valence electrons. The van der Waals surface area contributed by atoms with E-state index in [1.165, 1.54) is 16.5 Å². The van der Waals surface area contributed by atoms with Gasteiger partial charge >= 0.3 is 0 Å². The number of carbonyl (C=O) groups excluding carboxylic acids is 1. The number of aromatic nitrogens is 1. The molecule has 0 aliphatic carbocycles. The molecule has 1 amide bonds. The minimum Gasteiger partial charge on any atom is -0.384 e. The van der Waals surface area contributed by atoms with Crippen molar-refractivity contribution in [2.45, 2.75) is 44.7 Å². The number of fused-ring (bicyclic) bond motifs is 1. The molecule has 0 saturated carbocycles. The molecule has 5 rings (SSSR count). The van der Waals surface area contributed by atoms with E-state index in [1.54, 1.807) is 7.11 Å². The van der Waals surface area contributed by atoms with Gasteiger partial charge in [-0.15, -0.1) is 0 Å². The summed E-state index contributed by atoms with van der Waals surface area (Å²) in [6, 6.07) is 26.4. The topological polar surface area (TPSA) is 54.5 Å². The fraction of sp³-hybridized carbons (Fsp3) is 0.353. The van der Waals surface area contributed by atoms with Crippen molar-refractivity contribution in [2.75, 3.05) is 26.8 Å². The Labute approximate surface area is 242 Å². The first-order valence-electron chi connectivity index (χ1n) is 14.2. The lowest BCUT2D eigenvalue weighted by Gasteiger charge is -2.36. The number of likely N-dealkylation sites (tertiary alicyclic amines) is 1. The summed E-state index contributed by atoms with van der Waals surface area (Å²) in [7, 11) is 1.78. The van der Waals surface area contributed by atoms with Crippen LogP contribution in [0, 0.1) is 5.92 Å². The van der Waals surface area contributed by atoms with E-state index in [9.17, 15) is 4.79 Å². The Morgan fingerprint density at radius 1 is 1.02 bits per heavy atom. The van der Waals surface area contributed by atoms with E-state index in [1.807, 2.05) is 48.7 Å². The smallest absolute Gasteiger partial charge is 0.251 e. The van der Waals surface area contributed by atoms with Gasteiger partial charge in [0.25, 0.3) is 5.91 Å². The van der Waals surface area contributed by atoms with Gasteiger partial charge < -0.3 is 10.1 Å². The third-order valence-corrected chi connectivity index (χ3v) is 8.46. The maximum atomic E-state index is 13.1. The average Bonchev–Trinajstić information content (AvgIpc) is 2.99. The van der Waals surface area contributed by atoms with Gasteiger partial charge in [-0.2, -0.15) is 0 Å². The predicted molar refractivity (Wildman–Crippen MR) is 163 cm³/mol. The van der Waals surface area contributed by atoms with Crippen molar-refractivity contribution < 1.29 is 9.53 Å². The number of amides is 1. The first-order chi connectivity index (χ1) is 19.5. The second kappa shape index (κ2) is 13.4. The Bertz CT molecular complexity index is 1400. The molecule has 1 N–H and O–H groups in total. The number of nitrogens with zero attached hydrogens (tertiary/aromatic N) is 2. The molecule has 1 saturated heterocycles. The zero-order valence-corrected chi connectivity index (χ0v) is 24.1. The lowest BCUT2D eigenvalue weighted by molar-refractivity contribution is 0.0935. The van der Waals surface area contributed by atoms with E-state index in [4.69, 9.17) is 16.3 Å². The van der Waals surface area contributed by atoms with Crippen molar-refractivity contribution in [3.05, 3.63) is 112 Å². The Kier molecular flexibility index (Phi) is 9.48. The highest BCUT2D eigenvalue weighted by Crippen LogP contribution is 2.34. The van der Waals surface area contributed by atoms with Gasteiger partial charge in [0.05, 0.1) is 18.2 Å². The molecule has 2 heterocycles. The Hall–Kier alpha value is -3.25. The third kappa shape index (κ3) is 6.90. The molecule has 4 aromatic rings. The highest BCUT2D eigenvalue weighted by Gasteiger charge is 2.28. The van der Waals surface area contributed by atoms with Crippen LogP contribution < -0.4 is 5.32 Å². The summed E-state index contributed by atoms with van der Waals surface area (Å²) in [5.74, 6) is 0.800. The molecule has 0 radical (unpaired) electrons. The van der Waals surface area contributed by atoms with Crippen molar-refractivity contribution in [2.24, 2.45) is 5.92 Å². The van der Waals surface area contributed by atoms with Crippen molar-refractivity contribution in [1.82, 2.24) is 15.2 Å². The Morgan fingerprint density at radius 2 is 1.75 bits per heavy atom. The normalized spacial score (nSPS) is 16.1. The molecule has 2 atom stereocenters. The van der Waals surface area contributed by atoms with Gasteiger partial charge in [0.15, 0.2) is 0 Å². The lowest BCUT2D eigenvalue weighted by Crippen LogP contribution is -2.36. The molecular formula is C34H38ClN3O2. The molecule has 1 aliphatic rings. The molecule has 0 spiro atoms. The number of halogens is 1. The summed E-state index contributed by atoms with van der Waals surface area (Å²) in [5.41, 5.74) is 5.35. The summed E-state index contributed by atoms with van der Waals surface area (Å²) < 4.78 is 5.67. The molecule has 2 unspecified atom stereocenters. The zero-order chi connectivity index (χ0) is 27.9. The third-order valence-electron chi connectivity index (χ3n) is 8.21. The van der Waals surface area contributed by atoms with E-state index < -0.39 is 0 Å². The Balaban J connectivity index is 1.19. The average molecular weight is 556 g/mol. The second-order valence-corrected chi connectivity index (χ2v) is 11.3. The van der Waals surface area contributed by atoms with Gasteiger partial charge in [0.2, 0.25) is 0 Å². The molecular weight excluding hydrogens is 518 g/mol. The molecule has 1 aliphatic heterocycles. The van der Waals surface area contributed by atoms with Gasteiger partial charge in [-0.1, -0.05) is 54.9 Å². The summed E-state index contributed by atoms with van der Waals surface area (Å²) >= 11 is 6.04. The van der Waals surface area contributed by atoms with Crippen LogP contribution in [0.25, 0.3) is 10.9 Å². The van der Waals surface area contributed by atoms with Crippen LogP contribution in [0.3, 0.4) is 0 Å². The van der Waals surface area contributed by atoms with E-state index in [2.05, 4.69) is 58.5 Å². The molecule has 1 aromatic heterocycles. The van der Waals surface area contributed by atoms with Gasteiger partial charge in [-0.3, -0.25) is 14.7 Å².